The second-order valence-electron chi connectivity index (χ2n) is 9.81. The molecule has 0 radical (unpaired) electrons. The summed E-state index contributed by atoms with van der Waals surface area (Å²) < 4.78 is 7.82. The number of ether oxygens (including phenoxy) is 1. The highest BCUT2D eigenvalue weighted by atomic mass is 16.5. The highest BCUT2D eigenvalue weighted by Gasteiger charge is 2.27. The number of benzene rings is 1. The van der Waals surface area contributed by atoms with Crippen LogP contribution in [0.4, 0.5) is 11.5 Å². The Kier molecular flexibility index (Phi) is 7.08. The second kappa shape index (κ2) is 10.6. The Balaban J connectivity index is 1.21. The molecule has 0 spiro atoms. The van der Waals surface area contributed by atoms with E-state index in [4.69, 9.17) is 15.9 Å². The van der Waals surface area contributed by atoms with Gasteiger partial charge in [0.1, 0.15) is 0 Å². The zero-order valence-corrected chi connectivity index (χ0v) is 20.3. The van der Waals surface area contributed by atoms with Gasteiger partial charge in [-0.1, -0.05) is 6.07 Å². The molecule has 1 amide bonds. The molecule has 0 unspecified atom stereocenters. The number of hydrogen-bond donors (Lipinski definition) is 6. The maximum absolute atomic E-state index is 12.9. The van der Waals surface area contributed by atoms with Gasteiger partial charge in [-0.05, 0) is 75.2 Å². The summed E-state index contributed by atoms with van der Waals surface area (Å²) in [6.45, 7) is 2.40. The molecular weight excluding hydrogens is 460 g/mol. The Bertz CT molecular complexity index is 1180. The van der Waals surface area contributed by atoms with Gasteiger partial charge in [0.2, 0.25) is 5.91 Å². The number of piperidine rings is 1. The molecule has 11 nitrogen and oxygen atoms in total. The summed E-state index contributed by atoms with van der Waals surface area (Å²) in [6.07, 6.45) is 7.34. The third kappa shape index (κ3) is 5.46. The standard InChI is InChI=1S/C25H34N8O3/c26-24(27)29-12-9-22(34)30-17-2-4-18(5-3-17)33-14-21-23(32-25(33)35)31-19-13-16(1-6-20(19)36-21)15-7-10-28-11-8-15/h1,6,13-15,17-18,28H,2-5,7-12H2,(H,30,34)(H4,26,27,29)(H,31,32,35)/t17-,18-. The van der Waals surface area contributed by atoms with E-state index in [9.17, 15) is 9.59 Å². The minimum Gasteiger partial charge on any atom is -0.450 e. The van der Waals surface area contributed by atoms with Crippen molar-refractivity contribution >= 4 is 23.4 Å². The molecule has 1 saturated carbocycles. The fraction of sp³-hybridized carbons (Fsp3) is 0.520. The number of fused-ring (bicyclic) bond motifs is 2. The lowest BCUT2D eigenvalue weighted by molar-refractivity contribution is -0.121. The third-order valence-electron chi connectivity index (χ3n) is 7.33. The van der Waals surface area contributed by atoms with Gasteiger partial charge in [-0.2, -0.15) is 4.98 Å². The molecule has 11 heteroatoms. The number of aromatic nitrogens is 2. The predicted octanol–water partition coefficient (Wildman–Crippen LogP) is 2.03. The Morgan fingerprint density at radius 2 is 1.94 bits per heavy atom. The fourth-order valence-electron chi connectivity index (χ4n) is 5.38. The summed E-state index contributed by atoms with van der Waals surface area (Å²) in [4.78, 5) is 29.3. The molecule has 3 heterocycles. The Hall–Kier alpha value is -3.60. The van der Waals surface area contributed by atoms with Crippen molar-refractivity contribution in [1.82, 2.24) is 25.5 Å². The minimum absolute atomic E-state index is 0.00937. The van der Waals surface area contributed by atoms with E-state index < -0.39 is 0 Å². The molecule has 2 aromatic rings. The number of guanidine groups is 1. The van der Waals surface area contributed by atoms with Gasteiger partial charge in [-0.3, -0.25) is 14.8 Å². The Labute approximate surface area is 209 Å². The summed E-state index contributed by atoms with van der Waals surface area (Å²) in [5.41, 5.74) is 7.06. The van der Waals surface area contributed by atoms with Crippen molar-refractivity contribution in [1.29, 1.82) is 5.41 Å². The molecule has 0 bridgehead atoms. The van der Waals surface area contributed by atoms with Crippen LogP contribution in [0.5, 0.6) is 11.5 Å². The Morgan fingerprint density at radius 3 is 2.69 bits per heavy atom. The lowest BCUT2D eigenvalue weighted by Crippen LogP contribution is -2.41. The number of anilines is 2. The number of amides is 1. The van der Waals surface area contributed by atoms with Crippen molar-refractivity contribution < 1.29 is 9.53 Å². The molecular formula is C25H34N8O3. The number of nitrogens with two attached hydrogens (primary N) is 1. The summed E-state index contributed by atoms with van der Waals surface area (Å²) >= 11 is 0. The zero-order valence-electron chi connectivity index (χ0n) is 20.3. The topological polar surface area (TPSA) is 159 Å². The van der Waals surface area contributed by atoms with Crippen LogP contribution in [0.1, 0.15) is 62.5 Å². The molecule has 7 N–H and O–H groups in total. The van der Waals surface area contributed by atoms with Crippen LogP contribution in [-0.2, 0) is 4.79 Å². The average Bonchev–Trinajstić information content (AvgIpc) is 2.88. The monoisotopic (exact) mass is 494 g/mol. The molecule has 5 rings (SSSR count). The largest absolute Gasteiger partial charge is 0.450 e. The van der Waals surface area contributed by atoms with E-state index in [0.29, 0.717) is 24.0 Å². The molecule has 1 aromatic heterocycles. The van der Waals surface area contributed by atoms with Crippen molar-refractivity contribution in [2.24, 2.45) is 5.73 Å². The average molecular weight is 495 g/mol. The maximum atomic E-state index is 12.9. The summed E-state index contributed by atoms with van der Waals surface area (Å²) in [5, 5.41) is 19.5. The van der Waals surface area contributed by atoms with Gasteiger partial charge < -0.3 is 31.7 Å². The molecule has 1 saturated heterocycles. The van der Waals surface area contributed by atoms with Gasteiger partial charge in [0.05, 0.1) is 11.9 Å². The number of nitrogens with zero attached hydrogens (tertiary/aromatic N) is 2. The molecule has 36 heavy (non-hydrogen) atoms. The number of nitrogens with one attached hydrogen (secondary N) is 5. The molecule has 3 aliphatic rings. The lowest BCUT2D eigenvalue weighted by atomic mass is 9.90. The van der Waals surface area contributed by atoms with E-state index in [2.05, 4.69) is 38.4 Å². The van der Waals surface area contributed by atoms with Crippen molar-refractivity contribution in [3.63, 3.8) is 0 Å². The first-order valence-electron chi connectivity index (χ1n) is 12.8. The van der Waals surface area contributed by atoms with Gasteiger partial charge in [-0.25, -0.2) is 4.79 Å². The first-order valence-corrected chi connectivity index (χ1v) is 12.8. The van der Waals surface area contributed by atoms with E-state index in [1.807, 2.05) is 6.07 Å². The SMILES string of the molecule is N=C(N)NCCC(=O)N[C@H]1CC[C@H](n2cc3c(nc2=O)Nc2cc(C4CCNCC4)ccc2O3)CC1. The molecule has 1 aliphatic carbocycles. The van der Waals surface area contributed by atoms with Crippen molar-refractivity contribution in [3.05, 3.63) is 40.4 Å². The van der Waals surface area contributed by atoms with E-state index in [-0.39, 0.29) is 36.1 Å². The first kappa shape index (κ1) is 24.1. The lowest BCUT2D eigenvalue weighted by Gasteiger charge is -2.31. The van der Waals surface area contributed by atoms with Crippen LogP contribution in [0.25, 0.3) is 0 Å². The number of hydrogen-bond acceptors (Lipinski definition) is 7. The summed E-state index contributed by atoms with van der Waals surface area (Å²) in [6, 6.07) is 6.34. The van der Waals surface area contributed by atoms with Crippen LogP contribution in [0.3, 0.4) is 0 Å². The van der Waals surface area contributed by atoms with Gasteiger partial charge in [0.25, 0.3) is 0 Å². The summed E-state index contributed by atoms with van der Waals surface area (Å²) in [5.74, 6) is 2.05. The van der Waals surface area contributed by atoms with Crippen LogP contribution in [0.15, 0.2) is 29.2 Å². The second-order valence-corrected chi connectivity index (χ2v) is 9.81. The quantitative estimate of drug-likeness (QED) is 0.224. The zero-order chi connectivity index (χ0) is 25.1. The molecule has 2 aliphatic heterocycles. The van der Waals surface area contributed by atoms with Gasteiger partial charge >= 0.3 is 5.69 Å². The smallest absolute Gasteiger partial charge is 0.350 e. The normalized spacial score (nSPS) is 21.3. The molecule has 2 fully saturated rings. The number of rotatable bonds is 6. The van der Waals surface area contributed by atoms with E-state index in [0.717, 1.165) is 63.1 Å². The third-order valence-corrected chi connectivity index (χ3v) is 7.33. The van der Waals surface area contributed by atoms with E-state index >= 15 is 0 Å². The van der Waals surface area contributed by atoms with Crippen molar-refractivity contribution in [3.8, 4) is 11.5 Å². The van der Waals surface area contributed by atoms with Crippen LogP contribution >= 0.6 is 0 Å². The summed E-state index contributed by atoms with van der Waals surface area (Å²) in [7, 11) is 0. The van der Waals surface area contributed by atoms with Gasteiger partial charge in [0, 0.05) is 25.0 Å². The van der Waals surface area contributed by atoms with Crippen molar-refractivity contribution in [2.75, 3.05) is 25.0 Å². The van der Waals surface area contributed by atoms with Crippen LogP contribution in [0, 0.1) is 5.41 Å². The van der Waals surface area contributed by atoms with E-state index in [1.54, 1.807) is 10.8 Å². The highest BCUT2D eigenvalue weighted by Crippen LogP contribution is 2.42. The molecule has 0 atom stereocenters. The number of carbonyl (C=O) groups is 1. The fourth-order valence-corrected chi connectivity index (χ4v) is 5.38. The highest BCUT2D eigenvalue weighted by molar-refractivity contribution is 5.78. The minimum atomic E-state index is -0.300. The maximum Gasteiger partial charge on any atom is 0.350 e. The van der Waals surface area contributed by atoms with Crippen LogP contribution in [-0.4, -0.2) is 47.1 Å². The van der Waals surface area contributed by atoms with Gasteiger partial charge in [-0.15, -0.1) is 0 Å². The first-order chi connectivity index (χ1) is 17.5. The molecule has 192 valence electrons. The van der Waals surface area contributed by atoms with Crippen molar-refractivity contribution in [2.45, 2.75) is 62.9 Å². The number of carbonyl (C=O) groups excluding carboxylic acids is 1. The van der Waals surface area contributed by atoms with E-state index in [1.165, 1.54) is 5.56 Å². The molecule has 1 aromatic carbocycles. The van der Waals surface area contributed by atoms with Gasteiger partial charge in [0.15, 0.2) is 23.3 Å². The Morgan fingerprint density at radius 1 is 1.17 bits per heavy atom. The predicted molar refractivity (Wildman–Crippen MR) is 137 cm³/mol. The van der Waals surface area contributed by atoms with Crippen LogP contribution in [0.2, 0.25) is 0 Å². The van der Waals surface area contributed by atoms with Crippen LogP contribution < -0.4 is 37.4 Å².